The molecule has 1 atom stereocenters. The lowest BCUT2D eigenvalue weighted by molar-refractivity contribution is 0.251. The van der Waals surface area contributed by atoms with Crippen molar-refractivity contribution in [3.63, 3.8) is 0 Å². The molecular formula is C16H26N2. The predicted molar refractivity (Wildman–Crippen MR) is 79.3 cm³/mol. The van der Waals surface area contributed by atoms with Crippen LogP contribution >= 0.6 is 0 Å². The largest absolute Gasteiger partial charge is 0.380 e. The Bertz CT molecular complexity index is 375. The van der Waals surface area contributed by atoms with Gasteiger partial charge in [0.05, 0.1) is 0 Å². The fraction of sp³-hybridized carbons (Fsp3) is 0.625. The van der Waals surface area contributed by atoms with Crippen molar-refractivity contribution < 1.29 is 0 Å². The van der Waals surface area contributed by atoms with Gasteiger partial charge in [-0.25, -0.2) is 0 Å². The Morgan fingerprint density at radius 3 is 2.39 bits per heavy atom. The first-order valence-corrected chi connectivity index (χ1v) is 7.01. The maximum absolute atomic E-state index is 3.51. The van der Waals surface area contributed by atoms with E-state index in [1.807, 2.05) is 0 Å². The van der Waals surface area contributed by atoms with Gasteiger partial charge >= 0.3 is 0 Å². The van der Waals surface area contributed by atoms with Crippen LogP contribution in [0.5, 0.6) is 0 Å². The van der Waals surface area contributed by atoms with E-state index in [1.165, 1.54) is 37.2 Å². The van der Waals surface area contributed by atoms with Crippen molar-refractivity contribution in [1.82, 2.24) is 4.90 Å². The van der Waals surface area contributed by atoms with E-state index < -0.39 is 0 Å². The van der Waals surface area contributed by atoms with Gasteiger partial charge in [-0.15, -0.1) is 0 Å². The molecule has 1 heterocycles. The maximum atomic E-state index is 3.51. The molecule has 1 unspecified atom stereocenters. The first-order chi connectivity index (χ1) is 8.44. The normalized spacial score (nSPS) is 21.9. The van der Waals surface area contributed by atoms with Crippen molar-refractivity contribution in [2.75, 3.05) is 25.5 Å². The molecule has 1 aliphatic rings. The van der Waals surface area contributed by atoms with E-state index in [-0.39, 0.29) is 5.54 Å². The van der Waals surface area contributed by atoms with E-state index in [1.54, 1.807) is 0 Å². The van der Waals surface area contributed by atoms with Gasteiger partial charge in [-0.2, -0.15) is 0 Å². The maximum Gasteiger partial charge on any atom is 0.0344 e. The molecule has 1 saturated heterocycles. The zero-order valence-corrected chi connectivity index (χ0v) is 12.2. The number of rotatable bonds is 2. The standard InChI is InChI=1S/C16H26N2/c1-16(2,3)17-15-9-7-13(8-10-15)14-6-5-11-18(4)12-14/h7-10,14,17H,5-6,11-12H2,1-4H3. The number of hydrogen-bond acceptors (Lipinski definition) is 2. The van der Waals surface area contributed by atoms with Crippen LogP contribution in [0.3, 0.4) is 0 Å². The Balaban J connectivity index is 2.03. The summed E-state index contributed by atoms with van der Waals surface area (Å²) in [4.78, 5) is 2.44. The van der Waals surface area contributed by atoms with Gasteiger partial charge in [0.25, 0.3) is 0 Å². The van der Waals surface area contributed by atoms with Crippen molar-refractivity contribution in [3.05, 3.63) is 29.8 Å². The van der Waals surface area contributed by atoms with Crippen molar-refractivity contribution in [2.24, 2.45) is 0 Å². The molecule has 1 aromatic rings. The molecule has 0 bridgehead atoms. The predicted octanol–water partition coefficient (Wildman–Crippen LogP) is 3.71. The Hall–Kier alpha value is -1.02. The van der Waals surface area contributed by atoms with Crippen LogP contribution in [0.1, 0.15) is 45.1 Å². The highest BCUT2D eigenvalue weighted by molar-refractivity contribution is 5.47. The van der Waals surface area contributed by atoms with Gasteiger partial charge in [0.2, 0.25) is 0 Å². The van der Waals surface area contributed by atoms with Crippen molar-refractivity contribution >= 4 is 5.69 Å². The second kappa shape index (κ2) is 5.31. The SMILES string of the molecule is CN1CCCC(c2ccc(NC(C)(C)C)cc2)C1. The molecule has 2 nitrogen and oxygen atoms in total. The molecule has 1 fully saturated rings. The molecule has 0 amide bonds. The molecule has 0 saturated carbocycles. The summed E-state index contributed by atoms with van der Waals surface area (Å²) in [5.41, 5.74) is 2.84. The summed E-state index contributed by atoms with van der Waals surface area (Å²) in [6.07, 6.45) is 2.65. The summed E-state index contributed by atoms with van der Waals surface area (Å²) >= 11 is 0. The third kappa shape index (κ3) is 3.74. The lowest BCUT2D eigenvalue weighted by atomic mass is 9.91. The topological polar surface area (TPSA) is 15.3 Å². The van der Waals surface area contributed by atoms with Gasteiger partial charge in [-0.3, -0.25) is 0 Å². The molecular weight excluding hydrogens is 220 g/mol. The second-order valence-corrected chi connectivity index (χ2v) is 6.60. The summed E-state index contributed by atoms with van der Waals surface area (Å²) in [5, 5.41) is 3.51. The van der Waals surface area contributed by atoms with Crippen LogP contribution < -0.4 is 5.32 Å². The van der Waals surface area contributed by atoms with Gasteiger partial charge in [0.1, 0.15) is 0 Å². The average molecular weight is 246 g/mol. The Labute approximate surface area is 111 Å². The Morgan fingerprint density at radius 1 is 1.17 bits per heavy atom. The minimum Gasteiger partial charge on any atom is -0.380 e. The van der Waals surface area contributed by atoms with Crippen LogP contribution in [-0.2, 0) is 0 Å². The Kier molecular flexibility index (Phi) is 3.96. The highest BCUT2D eigenvalue weighted by atomic mass is 15.1. The monoisotopic (exact) mass is 246 g/mol. The fourth-order valence-electron chi connectivity index (χ4n) is 2.71. The third-order valence-electron chi connectivity index (χ3n) is 3.53. The molecule has 1 N–H and O–H groups in total. The minimum atomic E-state index is 0.132. The van der Waals surface area contributed by atoms with Gasteiger partial charge in [0, 0.05) is 17.8 Å². The van der Waals surface area contributed by atoms with Gasteiger partial charge in [0.15, 0.2) is 0 Å². The Morgan fingerprint density at radius 2 is 1.83 bits per heavy atom. The molecule has 1 aliphatic heterocycles. The number of likely N-dealkylation sites (tertiary alicyclic amines) is 1. The molecule has 0 radical (unpaired) electrons. The quantitative estimate of drug-likeness (QED) is 0.856. The zero-order chi connectivity index (χ0) is 13.2. The first-order valence-electron chi connectivity index (χ1n) is 7.01. The van der Waals surface area contributed by atoms with Crippen molar-refractivity contribution in [1.29, 1.82) is 0 Å². The lowest BCUT2D eigenvalue weighted by Gasteiger charge is -2.30. The number of likely N-dealkylation sites (N-methyl/N-ethyl adjacent to an activating group) is 1. The fourth-order valence-corrected chi connectivity index (χ4v) is 2.71. The van der Waals surface area contributed by atoms with Crippen LogP contribution in [0.25, 0.3) is 0 Å². The van der Waals surface area contributed by atoms with Crippen LogP contribution in [0.4, 0.5) is 5.69 Å². The van der Waals surface area contributed by atoms with E-state index in [2.05, 4.69) is 62.3 Å². The molecule has 0 spiro atoms. The molecule has 0 aliphatic carbocycles. The summed E-state index contributed by atoms with van der Waals surface area (Å²) < 4.78 is 0. The molecule has 100 valence electrons. The molecule has 1 aromatic carbocycles. The lowest BCUT2D eigenvalue weighted by Crippen LogP contribution is -2.30. The van der Waals surface area contributed by atoms with Crippen molar-refractivity contribution in [2.45, 2.75) is 45.1 Å². The number of nitrogens with zero attached hydrogens (tertiary/aromatic N) is 1. The second-order valence-electron chi connectivity index (χ2n) is 6.60. The molecule has 0 aromatic heterocycles. The van der Waals surface area contributed by atoms with Crippen LogP contribution in [0.2, 0.25) is 0 Å². The summed E-state index contributed by atoms with van der Waals surface area (Å²) in [6, 6.07) is 9.01. The van der Waals surface area contributed by atoms with E-state index in [9.17, 15) is 0 Å². The van der Waals surface area contributed by atoms with Crippen LogP contribution in [0.15, 0.2) is 24.3 Å². The van der Waals surface area contributed by atoms with E-state index in [4.69, 9.17) is 0 Å². The minimum absolute atomic E-state index is 0.132. The summed E-state index contributed by atoms with van der Waals surface area (Å²) in [6.45, 7) is 9.03. The number of hydrogen-bond donors (Lipinski definition) is 1. The highest BCUT2D eigenvalue weighted by Crippen LogP contribution is 2.27. The number of nitrogens with one attached hydrogen (secondary N) is 1. The molecule has 18 heavy (non-hydrogen) atoms. The van der Waals surface area contributed by atoms with Gasteiger partial charge in [-0.05, 0) is 70.8 Å². The number of piperidine rings is 1. The van der Waals surface area contributed by atoms with Gasteiger partial charge in [-0.1, -0.05) is 12.1 Å². The first kappa shape index (κ1) is 13.4. The average Bonchev–Trinajstić information content (AvgIpc) is 2.28. The number of benzene rings is 1. The van der Waals surface area contributed by atoms with Gasteiger partial charge < -0.3 is 10.2 Å². The molecule has 2 heteroatoms. The van der Waals surface area contributed by atoms with Crippen LogP contribution in [0, 0.1) is 0 Å². The van der Waals surface area contributed by atoms with E-state index >= 15 is 0 Å². The van der Waals surface area contributed by atoms with Crippen LogP contribution in [-0.4, -0.2) is 30.6 Å². The highest BCUT2D eigenvalue weighted by Gasteiger charge is 2.18. The molecule has 2 rings (SSSR count). The van der Waals surface area contributed by atoms with E-state index in [0.29, 0.717) is 5.92 Å². The van der Waals surface area contributed by atoms with Crippen molar-refractivity contribution in [3.8, 4) is 0 Å². The number of anilines is 1. The summed E-state index contributed by atoms with van der Waals surface area (Å²) in [7, 11) is 2.22. The summed E-state index contributed by atoms with van der Waals surface area (Å²) in [5.74, 6) is 0.715. The zero-order valence-electron chi connectivity index (χ0n) is 12.2. The smallest absolute Gasteiger partial charge is 0.0344 e. The van der Waals surface area contributed by atoms with E-state index in [0.717, 1.165) is 0 Å². The third-order valence-corrected chi connectivity index (χ3v) is 3.53.